The van der Waals surface area contributed by atoms with Crippen molar-refractivity contribution in [2.24, 2.45) is 0 Å². The Morgan fingerprint density at radius 3 is 2.49 bits per heavy atom. The van der Waals surface area contributed by atoms with E-state index in [-0.39, 0.29) is 42.9 Å². The van der Waals surface area contributed by atoms with Crippen molar-refractivity contribution in [2.45, 2.75) is 31.5 Å². The number of rotatable bonds is 12. The van der Waals surface area contributed by atoms with E-state index in [0.29, 0.717) is 23.7 Å². The Morgan fingerprint density at radius 1 is 1.00 bits per heavy atom. The minimum absolute atomic E-state index is 0.0121. The van der Waals surface area contributed by atoms with Crippen LogP contribution in [-0.4, -0.2) is 85.4 Å². The lowest BCUT2D eigenvalue weighted by Gasteiger charge is -2.24. The molecule has 0 unspecified atom stereocenters. The van der Waals surface area contributed by atoms with Crippen LogP contribution < -0.4 is 15.4 Å². The molecule has 14 heteroatoms. The molecule has 2 aromatic heterocycles. The van der Waals surface area contributed by atoms with Gasteiger partial charge in [0, 0.05) is 23.4 Å². The number of aliphatic hydroxyl groups is 1. The lowest BCUT2D eigenvalue weighted by molar-refractivity contribution is -0.125. The fourth-order valence-corrected chi connectivity index (χ4v) is 5.49. The molecule has 3 amide bonds. The smallest absolute Gasteiger partial charge is 0.275 e. The maximum atomic E-state index is 13.8. The van der Waals surface area contributed by atoms with Gasteiger partial charge in [0.05, 0.1) is 25.3 Å². The second kappa shape index (κ2) is 15.3. The molecule has 1 aliphatic rings. The third-order valence-corrected chi connectivity index (χ3v) is 7.89. The maximum absolute atomic E-state index is 13.8. The number of aliphatic hydroxyl groups excluding tert-OH is 1. The Labute approximate surface area is 281 Å². The molecule has 0 aliphatic carbocycles. The Balaban J connectivity index is 1.24. The van der Waals surface area contributed by atoms with Crippen LogP contribution in [0.25, 0.3) is 11.4 Å². The van der Waals surface area contributed by atoms with Gasteiger partial charge in [-0.3, -0.25) is 14.4 Å². The number of hydrogen-bond donors (Lipinski definition) is 4. The molecular weight excluding hydrogens is 628 g/mol. The van der Waals surface area contributed by atoms with Crippen LogP contribution in [0.1, 0.15) is 45.1 Å². The number of benzene rings is 3. The Kier molecular flexibility index (Phi) is 10.3. The first-order valence-electron chi connectivity index (χ1n) is 15.7. The first-order valence-corrected chi connectivity index (χ1v) is 15.7. The summed E-state index contributed by atoms with van der Waals surface area (Å²) in [6.45, 7) is 2.43. The minimum atomic E-state index is -1.68. The number of pyridine rings is 1. The van der Waals surface area contributed by atoms with Gasteiger partial charge in [0.1, 0.15) is 23.9 Å². The average molecular weight is 663 g/mol. The molecule has 1 saturated heterocycles. The van der Waals surface area contributed by atoms with Gasteiger partial charge < -0.3 is 30.1 Å². The molecule has 6 rings (SSSR count). The number of H-pyrrole nitrogens is 1. The molecule has 3 heterocycles. The second-order valence-electron chi connectivity index (χ2n) is 11.2. The zero-order chi connectivity index (χ0) is 34.2. The highest BCUT2D eigenvalue weighted by Crippen LogP contribution is 2.28. The molecule has 49 heavy (non-hydrogen) atoms. The van der Waals surface area contributed by atoms with Gasteiger partial charge in [-0.15, -0.1) is 10.2 Å². The topological polar surface area (TPSA) is 185 Å². The Bertz CT molecular complexity index is 1890. The molecule has 0 bridgehead atoms. The van der Waals surface area contributed by atoms with Gasteiger partial charge in [0.25, 0.3) is 17.7 Å². The molecule has 250 valence electrons. The van der Waals surface area contributed by atoms with Crippen LogP contribution in [-0.2, 0) is 16.0 Å². The van der Waals surface area contributed by atoms with Crippen LogP contribution >= 0.6 is 0 Å². The average Bonchev–Trinajstić information content (AvgIpc) is 3.85. The zero-order valence-corrected chi connectivity index (χ0v) is 26.5. The third kappa shape index (κ3) is 7.94. The number of carbonyl (C=O) groups excluding carboxylic acids is 3. The van der Waals surface area contributed by atoms with Gasteiger partial charge in [-0.1, -0.05) is 72.8 Å². The van der Waals surface area contributed by atoms with Crippen LogP contribution in [0.2, 0.25) is 0 Å². The number of carbonyl (C=O) groups is 3. The summed E-state index contributed by atoms with van der Waals surface area (Å²) in [7, 11) is 0. The number of nitrogens with one attached hydrogen (secondary N) is 3. The van der Waals surface area contributed by atoms with E-state index in [1.807, 2.05) is 60.7 Å². The number of anilines is 1. The number of aromatic nitrogens is 5. The van der Waals surface area contributed by atoms with Crippen molar-refractivity contribution >= 4 is 23.4 Å². The first kappa shape index (κ1) is 32.9. The lowest BCUT2D eigenvalue weighted by Crippen LogP contribution is -2.50. The van der Waals surface area contributed by atoms with E-state index in [9.17, 15) is 19.5 Å². The van der Waals surface area contributed by atoms with Crippen molar-refractivity contribution in [3.63, 3.8) is 0 Å². The third-order valence-electron chi connectivity index (χ3n) is 7.89. The number of nitrogens with zero attached hydrogens (tertiary/aromatic N) is 5. The fraction of sp³-hybridized carbons (Fsp3) is 0.229. The summed E-state index contributed by atoms with van der Waals surface area (Å²) in [6.07, 6.45) is -1.56. The van der Waals surface area contributed by atoms with Crippen molar-refractivity contribution < 1.29 is 29.0 Å². The molecule has 3 aromatic carbocycles. The zero-order valence-electron chi connectivity index (χ0n) is 26.5. The normalized spacial score (nSPS) is 15.3. The van der Waals surface area contributed by atoms with Crippen molar-refractivity contribution in [3.05, 3.63) is 120 Å². The van der Waals surface area contributed by atoms with Crippen LogP contribution in [0.15, 0.2) is 97.1 Å². The predicted molar refractivity (Wildman–Crippen MR) is 177 cm³/mol. The van der Waals surface area contributed by atoms with Gasteiger partial charge in [-0.2, -0.15) is 5.21 Å². The lowest BCUT2D eigenvalue weighted by atomic mass is 10.00. The summed E-state index contributed by atoms with van der Waals surface area (Å²) in [5.41, 5.74) is 2.52. The summed E-state index contributed by atoms with van der Waals surface area (Å²) in [5, 5.41) is 30.6. The Hall–Kier alpha value is -5.99. The molecular formula is C35H34N8O6. The predicted octanol–water partition coefficient (Wildman–Crippen LogP) is 3.17. The van der Waals surface area contributed by atoms with E-state index in [1.165, 1.54) is 12.1 Å². The van der Waals surface area contributed by atoms with Crippen molar-refractivity contribution in [3.8, 4) is 17.1 Å². The number of amides is 3. The van der Waals surface area contributed by atoms with Crippen LogP contribution in [0.5, 0.6) is 5.75 Å². The first-order chi connectivity index (χ1) is 23.9. The van der Waals surface area contributed by atoms with E-state index in [1.54, 1.807) is 36.1 Å². The van der Waals surface area contributed by atoms with Crippen molar-refractivity contribution in [2.75, 3.05) is 25.3 Å². The largest absolute Gasteiger partial charge is 0.494 e. The van der Waals surface area contributed by atoms with E-state index in [0.717, 1.165) is 11.1 Å². The maximum Gasteiger partial charge on any atom is 0.275 e. The van der Waals surface area contributed by atoms with Crippen LogP contribution in [0, 0.1) is 0 Å². The van der Waals surface area contributed by atoms with Gasteiger partial charge in [-0.05, 0) is 41.8 Å². The van der Waals surface area contributed by atoms with E-state index >= 15 is 0 Å². The molecule has 1 fully saturated rings. The van der Waals surface area contributed by atoms with Gasteiger partial charge in [0.15, 0.2) is 6.10 Å². The van der Waals surface area contributed by atoms with E-state index < -0.39 is 29.9 Å². The highest BCUT2D eigenvalue weighted by molar-refractivity contribution is 5.99. The van der Waals surface area contributed by atoms with Crippen molar-refractivity contribution in [1.29, 1.82) is 0 Å². The van der Waals surface area contributed by atoms with Crippen LogP contribution in [0.4, 0.5) is 5.69 Å². The highest BCUT2D eigenvalue weighted by Gasteiger charge is 2.34. The summed E-state index contributed by atoms with van der Waals surface area (Å²) in [4.78, 5) is 46.9. The molecule has 0 saturated carbocycles. The Morgan fingerprint density at radius 2 is 1.76 bits per heavy atom. The van der Waals surface area contributed by atoms with E-state index in [4.69, 9.17) is 9.47 Å². The minimum Gasteiger partial charge on any atom is -0.494 e. The fourth-order valence-electron chi connectivity index (χ4n) is 5.49. The number of tetrazole rings is 1. The SMILES string of the molecule is CCOc1cc(C(=O)N[C@@H](Cc2ccccc2)[C@H](O)C(=O)Nc2cccc(-c3nn[nH]n3)c2)nc(C(=O)N2COC[C@@H]2c2ccccc2)c1. The van der Waals surface area contributed by atoms with Gasteiger partial charge in [0.2, 0.25) is 5.82 Å². The highest BCUT2D eigenvalue weighted by atomic mass is 16.5. The monoisotopic (exact) mass is 662 g/mol. The van der Waals surface area contributed by atoms with E-state index in [2.05, 4.69) is 36.2 Å². The molecule has 0 spiro atoms. The quantitative estimate of drug-likeness (QED) is 0.155. The van der Waals surface area contributed by atoms with Gasteiger partial charge >= 0.3 is 0 Å². The molecule has 4 N–H and O–H groups in total. The summed E-state index contributed by atoms with van der Waals surface area (Å²) in [5.74, 6) is -1.30. The summed E-state index contributed by atoms with van der Waals surface area (Å²) < 4.78 is 11.3. The standard InChI is InChI=1S/C35H34N8O6/c1-2-49-26-18-28(37-29(19-26)35(47)43-21-48-20-30(43)23-12-7-4-8-13-23)33(45)38-27(16-22-10-5-3-6-11-22)31(44)34(46)36-25-15-9-14-24(17-25)32-39-41-42-40-32/h3-15,17-19,27,30-31,44H,2,16,20-21H2,1H3,(H,36,46)(H,38,45)(H,39,40,41,42)/t27-,30+,31-/m0/s1. The summed E-state index contributed by atoms with van der Waals surface area (Å²) in [6, 6.07) is 26.8. The van der Waals surface area contributed by atoms with Crippen molar-refractivity contribution in [1.82, 2.24) is 35.8 Å². The molecule has 14 nitrogen and oxygen atoms in total. The van der Waals surface area contributed by atoms with Crippen LogP contribution in [0.3, 0.4) is 0 Å². The number of ether oxygens (including phenoxy) is 2. The molecule has 1 aliphatic heterocycles. The van der Waals surface area contributed by atoms with Gasteiger partial charge in [-0.25, -0.2) is 4.98 Å². The summed E-state index contributed by atoms with van der Waals surface area (Å²) >= 11 is 0. The molecule has 0 radical (unpaired) electrons. The molecule has 3 atom stereocenters. The number of hydrogen-bond acceptors (Lipinski definition) is 10. The molecule has 5 aromatic rings. The number of aromatic amines is 1. The second-order valence-corrected chi connectivity index (χ2v) is 11.2.